The van der Waals surface area contributed by atoms with Gasteiger partial charge in [0.1, 0.15) is 23.2 Å². The van der Waals surface area contributed by atoms with Crippen LogP contribution in [0.25, 0.3) is 17.4 Å². The van der Waals surface area contributed by atoms with Crippen LogP contribution in [0.1, 0.15) is 29.5 Å². The molecule has 3 heterocycles. The van der Waals surface area contributed by atoms with Crippen LogP contribution in [0.15, 0.2) is 57.5 Å². The topological polar surface area (TPSA) is 135 Å². The number of carbonyl (C=O) groups is 3. The molecule has 2 aliphatic heterocycles. The Labute approximate surface area is 195 Å². The van der Waals surface area contributed by atoms with E-state index in [0.29, 0.717) is 22.6 Å². The van der Waals surface area contributed by atoms with E-state index in [0.717, 1.165) is 4.90 Å². The smallest absolute Gasteiger partial charge is 0.337 e. The lowest BCUT2D eigenvalue weighted by molar-refractivity contribution is -0.142. The molecular weight excluding hydrogens is 460 g/mol. The van der Waals surface area contributed by atoms with Crippen molar-refractivity contribution in [3.8, 4) is 17.4 Å². The van der Waals surface area contributed by atoms with E-state index < -0.39 is 33.7 Å². The largest absolute Gasteiger partial charge is 0.465 e. The second-order valence-electron chi connectivity index (χ2n) is 7.98. The molecule has 34 heavy (non-hydrogen) atoms. The van der Waals surface area contributed by atoms with Gasteiger partial charge in [-0.2, -0.15) is 5.26 Å². The van der Waals surface area contributed by atoms with Gasteiger partial charge < -0.3 is 9.15 Å². The SMILES string of the molecule is COC(=O)c1ccc(-c2ccc(/C=C3/C(=O)N(C4CCS(=O)(=O)C4)C(=O)C(C#N)=C3C)o2)cc1. The van der Waals surface area contributed by atoms with Crippen LogP contribution >= 0.6 is 0 Å². The first-order valence-electron chi connectivity index (χ1n) is 10.3. The summed E-state index contributed by atoms with van der Waals surface area (Å²) in [5.41, 5.74) is 1.15. The summed E-state index contributed by atoms with van der Waals surface area (Å²) >= 11 is 0. The molecule has 0 radical (unpaired) electrons. The zero-order chi connectivity index (χ0) is 24.6. The number of sulfone groups is 1. The average Bonchev–Trinajstić information content (AvgIpc) is 3.42. The Morgan fingerprint density at radius 3 is 2.47 bits per heavy atom. The number of ether oxygens (including phenoxy) is 1. The molecule has 9 nitrogen and oxygen atoms in total. The van der Waals surface area contributed by atoms with Crippen molar-refractivity contribution in [1.29, 1.82) is 5.26 Å². The van der Waals surface area contributed by atoms with Crippen LogP contribution in [0.5, 0.6) is 0 Å². The van der Waals surface area contributed by atoms with Gasteiger partial charge in [-0.15, -0.1) is 0 Å². The first kappa shape index (κ1) is 23.2. The fraction of sp³-hybridized carbons (Fsp3) is 0.250. The normalized spacial score (nSPS) is 21.1. The number of nitrogens with zero attached hydrogens (tertiary/aromatic N) is 2. The predicted octanol–water partition coefficient (Wildman–Crippen LogP) is 2.51. The highest BCUT2D eigenvalue weighted by Crippen LogP contribution is 2.32. The van der Waals surface area contributed by atoms with Gasteiger partial charge in [-0.3, -0.25) is 14.5 Å². The number of hydrogen-bond donors (Lipinski definition) is 0. The lowest BCUT2D eigenvalue weighted by Gasteiger charge is -2.31. The molecule has 1 fully saturated rings. The molecule has 0 bridgehead atoms. The van der Waals surface area contributed by atoms with E-state index in [9.17, 15) is 28.1 Å². The van der Waals surface area contributed by atoms with Crippen LogP contribution in [0.2, 0.25) is 0 Å². The van der Waals surface area contributed by atoms with Crippen LogP contribution < -0.4 is 0 Å². The third kappa shape index (κ3) is 4.18. The first-order valence-corrected chi connectivity index (χ1v) is 12.2. The van der Waals surface area contributed by atoms with Gasteiger partial charge >= 0.3 is 5.97 Å². The number of imide groups is 1. The van der Waals surface area contributed by atoms with Crippen molar-refractivity contribution in [1.82, 2.24) is 4.90 Å². The highest BCUT2D eigenvalue weighted by Gasteiger charge is 2.43. The summed E-state index contributed by atoms with van der Waals surface area (Å²) in [4.78, 5) is 38.5. The summed E-state index contributed by atoms with van der Waals surface area (Å²) in [5.74, 6) is -1.56. The zero-order valence-corrected chi connectivity index (χ0v) is 19.2. The monoisotopic (exact) mass is 480 g/mol. The standard InChI is InChI=1S/C24H20N2O7S/c1-14-19(22(27)26(23(28)20(14)12-25)17-9-10-34(30,31)13-17)11-18-7-8-21(33-18)15-3-5-16(6-4-15)24(29)32-2/h3-8,11,17H,9-10,13H2,1-2H3/b19-11+. The fourth-order valence-corrected chi connectivity index (χ4v) is 5.73. The predicted molar refractivity (Wildman–Crippen MR) is 121 cm³/mol. The van der Waals surface area contributed by atoms with Crippen LogP contribution in [-0.2, 0) is 24.2 Å². The Kier molecular flexibility index (Phi) is 5.98. The maximum absolute atomic E-state index is 13.2. The van der Waals surface area contributed by atoms with Crippen LogP contribution in [0.4, 0.5) is 0 Å². The summed E-state index contributed by atoms with van der Waals surface area (Å²) in [7, 11) is -2.06. The van der Waals surface area contributed by atoms with Gasteiger partial charge in [0.15, 0.2) is 9.84 Å². The molecule has 2 aromatic rings. The lowest BCUT2D eigenvalue weighted by atomic mass is 9.93. The van der Waals surface area contributed by atoms with Gasteiger partial charge in [-0.05, 0) is 49.3 Å². The van der Waals surface area contributed by atoms with E-state index in [2.05, 4.69) is 4.74 Å². The van der Waals surface area contributed by atoms with E-state index in [4.69, 9.17) is 4.42 Å². The highest BCUT2D eigenvalue weighted by molar-refractivity contribution is 7.91. The lowest BCUT2D eigenvalue weighted by Crippen LogP contribution is -2.49. The summed E-state index contributed by atoms with van der Waals surface area (Å²) in [6.07, 6.45) is 1.57. The van der Waals surface area contributed by atoms with Crippen molar-refractivity contribution in [2.24, 2.45) is 0 Å². The fourth-order valence-electron chi connectivity index (χ4n) is 4.03. The molecule has 10 heteroatoms. The number of nitriles is 1. The maximum Gasteiger partial charge on any atom is 0.337 e. The molecule has 0 spiro atoms. The molecule has 0 saturated carbocycles. The molecule has 2 amide bonds. The Hall–Kier alpha value is -3.97. The van der Waals surface area contributed by atoms with Crippen LogP contribution in [-0.4, -0.2) is 55.8 Å². The molecule has 1 aromatic heterocycles. The summed E-state index contributed by atoms with van der Waals surface area (Å²) in [6.45, 7) is 1.50. The number of carbonyl (C=O) groups excluding carboxylic acids is 3. The van der Waals surface area contributed by atoms with E-state index in [1.165, 1.54) is 20.1 Å². The van der Waals surface area contributed by atoms with E-state index >= 15 is 0 Å². The molecule has 1 aromatic carbocycles. The summed E-state index contributed by atoms with van der Waals surface area (Å²) in [5, 5.41) is 9.53. The Morgan fingerprint density at radius 1 is 1.18 bits per heavy atom. The van der Waals surface area contributed by atoms with Crippen molar-refractivity contribution in [3.05, 3.63) is 64.4 Å². The van der Waals surface area contributed by atoms with Crippen molar-refractivity contribution >= 4 is 33.7 Å². The number of amides is 2. The number of rotatable bonds is 4. The second kappa shape index (κ2) is 8.76. The number of furan rings is 1. The van der Waals surface area contributed by atoms with Gasteiger partial charge in [-0.1, -0.05) is 12.1 Å². The highest BCUT2D eigenvalue weighted by atomic mass is 32.2. The van der Waals surface area contributed by atoms with Crippen molar-refractivity contribution in [3.63, 3.8) is 0 Å². The van der Waals surface area contributed by atoms with Gasteiger partial charge in [0, 0.05) is 11.1 Å². The molecular formula is C24H20N2O7S. The number of methoxy groups -OCH3 is 1. The Bertz CT molecular complexity index is 1410. The molecule has 4 rings (SSSR count). The third-order valence-electron chi connectivity index (χ3n) is 5.85. The van der Waals surface area contributed by atoms with Gasteiger partial charge in [-0.25, -0.2) is 13.2 Å². The van der Waals surface area contributed by atoms with E-state index in [1.807, 2.05) is 6.07 Å². The Morgan fingerprint density at radius 2 is 1.88 bits per heavy atom. The number of benzene rings is 1. The summed E-state index contributed by atoms with van der Waals surface area (Å²) < 4.78 is 34.4. The van der Waals surface area contributed by atoms with E-state index in [1.54, 1.807) is 36.4 Å². The van der Waals surface area contributed by atoms with Gasteiger partial charge in [0.2, 0.25) is 0 Å². The molecule has 174 valence electrons. The van der Waals surface area contributed by atoms with Crippen molar-refractivity contribution < 1.29 is 32.0 Å². The molecule has 0 aliphatic carbocycles. The van der Waals surface area contributed by atoms with Crippen molar-refractivity contribution in [2.75, 3.05) is 18.6 Å². The number of esters is 1. The quantitative estimate of drug-likeness (QED) is 0.370. The minimum Gasteiger partial charge on any atom is -0.465 e. The minimum atomic E-state index is -3.36. The molecule has 1 unspecified atom stereocenters. The zero-order valence-electron chi connectivity index (χ0n) is 18.4. The Balaban J connectivity index is 1.68. The maximum atomic E-state index is 13.2. The van der Waals surface area contributed by atoms with Crippen molar-refractivity contribution in [2.45, 2.75) is 19.4 Å². The summed E-state index contributed by atoms with van der Waals surface area (Å²) in [6, 6.07) is 10.9. The molecule has 2 aliphatic rings. The van der Waals surface area contributed by atoms with Gasteiger partial charge in [0.05, 0.1) is 30.2 Å². The first-order chi connectivity index (χ1) is 16.1. The van der Waals surface area contributed by atoms with Crippen LogP contribution in [0.3, 0.4) is 0 Å². The molecule has 0 N–H and O–H groups in total. The van der Waals surface area contributed by atoms with E-state index in [-0.39, 0.29) is 34.6 Å². The molecule has 1 saturated heterocycles. The average molecular weight is 480 g/mol. The molecule has 1 atom stereocenters. The number of hydrogen-bond acceptors (Lipinski definition) is 8. The third-order valence-corrected chi connectivity index (χ3v) is 7.60. The minimum absolute atomic E-state index is 0.0855. The van der Waals surface area contributed by atoms with Gasteiger partial charge in [0.25, 0.3) is 11.8 Å². The van der Waals surface area contributed by atoms with Crippen LogP contribution in [0, 0.1) is 11.3 Å². The second-order valence-corrected chi connectivity index (χ2v) is 10.2.